The van der Waals surface area contributed by atoms with E-state index in [-0.39, 0.29) is 11.9 Å². The van der Waals surface area contributed by atoms with Crippen LogP contribution in [-0.4, -0.2) is 28.7 Å². The number of nitrogens with zero attached hydrogens (tertiary/aromatic N) is 2. The van der Waals surface area contributed by atoms with Crippen molar-refractivity contribution in [3.8, 4) is 0 Å². The van der Waals surface area contributed by atoms with E-state index in [2.05, 4.69) is 20.8 Å². The minimum absolute atomic E-state index is 0.0359. The summed E-state index contributed by atoms with van der Waals surface area (Å²) in [6, 6.07) is 3.59. The number of halogens is 1. The lowest BCUT2D eigenvalue weighted by Crippen LogP contribution is -2.33. The summed E-state index contributed by atoms with van der Waals surface area (Å²) in [6.45, 7) is 4.54. The van der Waals surface area contributed by atoms with Gasteiger partial charge in [-0.15, -0.1) is 10.2 Å². The van der Waals surface area contributed by atoms with Gasteiger partial charge < -0.3 is 10.6 Å². The van der Waals surface area contributed by atoms with E-state index >= 15 is 0 Å². The summed E-state index contributed by atoms with van der Waals surface area (Å²) < 4.78 is 0. The van der Waals surface area contributed by atoms with Crippen molar-refractivity contribution in [2.75, 3.05) is 11.9 Å². The molecule has 1 atom stereocenters. The van der Waals surface area contributed by atoms with Gasteiger partial charge in [-0.25, -0.2) is 0 Å². The molecule has 1 rings (SSSR count). The van der Waals surface area contributed by atoms with E-state index < -0.39 is 0 Å². The molecule has 0 aromatic carbocycles. The third-order valence-corrected chi connectivity index (χ3v) is 2.51. The quantitative estimate of drug-likeness (QED) is 0.815. The van der Waals surface area contributed by atoms with E-state index in [0.717, 1.165) is 6.42 Å². The molecule has 1 aromatic rings. The average Bonchev–Trinajstić information content (AvgIpc) is 2.31. The highest BCUT2D eigenvalue weighted by Crippen LogP contribution is 2.05. The first-order valence-electron chi connectivity index (χ1n) is 5.64. The molecule has 0 saturated carbocycles. The third kappa shape index (κ3) is 5.49. The van der Waals surface area contributed by atoms with Crippen LogP contribution in [0.15, 0.2) is 12.1 Å². The monoisotopic (exact) mass is 256 g/mol. The molecule has 5 nitrogen and oxygen atoms in total. The molecule has 1 aromatic heterocycles. The summed E-state index contributed by atoms with van der Waals surface area (Å²) in [4.78, 5) is 11.4. The Morgan fingerprint density at radius 3 is 2.82 bits per heavy atom. The number of hydrogen-bond acceptors (Lipinski definition) is 4. The van der Waals surface area contributed by atoms with Gasteiger partial charge in [0.1, 0.15) is 5.82 Å². The van der Waals surface area contributed by atoms with E-state index in [1.807, 2.05) is 13.8 Å². The Kier molecular flexibility index (Phi) is 5.69. The second kappa shape index (κ2) is 7.06. The van der Waals surface area contributed by atoms with Crippen molar-refractivity contribution in [3.05, 3.63) is 17.3 Å². The summed E-state index contributed by atoms with van der Waals surface area (Å²) in [5, 5.41) is 13.8. The largest absolute Gasteiger partial charge is 0.368 e. The maximum Gasteiger partial charge on any atom is 0.221 e. The molecule has 94 valence electrons. The zero-order chi connectivity index (χ0) is 12.7. The lowest BCUT2D eigenvalue weighted by molar-refractivity contribution is -0.121. The maximum atomic E-state index is 11.4. The molecule has 0 fully saturated rings. The Bertz CT molecular complexity index is 355. The Hall–Kier alpha value is -1.36. The van der Waals surface area contributed by atoms with Crippen molar-refractivity contribution in [2.24, 2.45) is 0 Å². The molecule has 2 N–H and O–H groups in total. The summed E-state index contributed by atoms with van der Waals surface area (Å²) in [7, 11) is 0. The van der Waals surface area contributed by atoms with Gasteiger partial charge in [0.25, 0.3) is 0 Å². The van der Waals surface area contributed by atoms with Crippen LogP contribution in [0.5, 0.6) is 0 Å². The van der Waals surface area contributed by atoms with Crippen molar-refractivity contribution in [1.82, 2.24) is 15.5 Å². The van der Waals surface area contributed by atoms with Gasteiger partial charge in [0.2, 0.25) is 5.91 Å². The Morgan fingerprint density at radius 1 is 1.47 bits per heavy atom. The highest BCUT2D eigenvalue weighted by Gasteiger charge is 2.04. The Labute approximate surface area is 106 Å². The van der Waals surface area contributed by atoms with Gasteiger partial charge >= 0.3 is 0 Å². The number of hydrogen-bond donors (Lipinski definition) is 2. The van der Waals surface area contributed by atoms with Crippen LogP contribution in [0.3, 0.4) is 0 Å². The molecular weight excluding hydrogens is 240 g/mol. The predicted molar refractivity (Wildman–Crippen MR) is 68.0 cm³/mol. The number of carbonyl (C=O) groups is 1. The molecule has 6 heteroatoms. The number of nitrogens with one attached hydrogen (secondary N) is 2. The molecule has 1 unspecified atom stereocenters. The average molecular weight is 257 g/mol. The topological polar surface area (TPSA) is 66.9 Å². The molecule has 1 heterocycles. The lowest BCUT2D eigenvalue weighted by atomic mass is 10.2. The molecule has 0 radical (unpaired) electrons. The first-order chi connectivity index (χ1) is 8.11. The number of rotatable bonds is 6. The van der Waals surface area contributed by atoms with Crippen LogP contribution >= 0.6 is 11.6 Å². The smallest absolute Gasteiger partial charge is 0.221 e. The molecule has 0 aliphatic rings. The molecular formula is C11H17ClN4O. The second-order valence-corrected chi connectivity index (χ2v) is 4.18. The van der Waals surface area contributed by atoms with E-state index in [0.29, 0.717) is 23.9 Å². The summed E-state index contributed by atoms with van der Waals surface area (Å²) in [5.74, 6) is 0.652. The minimum atomic E-state index is 0.0359. The minimum Gasteiger partial charge on any atom is -0.368 e. The van der Waals surface area contributed by atoms with Crippen molar-refractivity contribution >= 4 is 23.3 Å². The normalized spacial score (nSPS) is 11.9. The molecule has 0 aliphatic heterocycles. The first-order valence-corrected chi connectivity index (χ1v) is 6.02. The van der Waals surface area contributed by atoms with Crippen LogP contribution in [0.2, 0.25) is 5.15 Å². The molecule has 17 heavy (non-hydrogen) atoms. The van der Waals surface area contributed by atoms with Gasteiger partial charge in [-0.3, -0.25) is 4.79 Å². The third-order valence-electron chi connectivity index (χ3n) is 2.31. The fourth-order valence-electron chi connectivity index (χ4n) is 1.16. The zero-order valence-electron chi connectivity index (χ0n) is 10.0. The Morgan fingerprint density at radius 2 is 2.24 bits per heavy atom. The van der Waals surface area contributed by atoms with E-state index in [9.17, 15) is 4.79 Å². The van der Waals surface area contributed by atoms with Crippen LogP contribution < -0.4 is 10.6 Å². The summed E-state index contributed by atoms with van der Waals surface area (Å²) in [6.07, 6.45) is 1.34. The highest BCUT2D eigenvalue weighted by molar-refractivity contribution is 6.29. The number of amides is 1. The van der Waals surface area contributed by atoms with Gasteiger partial charge in [-0.2, -0.15) is 0 Å². The lowest BCUT2D eigenvalue weighted by Gasteiger charge is -2.11. The van der Waals surface area contributed by atoms with Crippen LogP contribution in [0.1, 0.15) is 26.7 Å². The molecule has 0 aliphatic carbocycles. The van der Waals surface area contributed by atoms with E-state index in [4.69, 9.17) is 11.6 Å². The number of aromatic nitrogens is 2. The zero-order valence-corrected chi connectivity index (χ0v) is 10.8. The van der Waals surface area contributed by atoms with Crippen molar-refractivity contribution in [3.63, 3.8) is 0 Å². The number of carbonyl (C=O) groups excluding carboxylic acids is 1. The van der Waals surface area contributed by atoms with Crippen molar-refractivity contribution < 1.29 is 4.79 Å². The fraction of sp³-hybridized carbons (Fsp3) is 0.545. The van der Waals surface area contributed by atoms with Gasteiger partial charge in [0.15, 0.2) is 5.15 Å². The molecule has 1 amide bonds. The van der Waals surface area contributed by atoms with Gasteiger partial charge in [0.05, 0.1) is 0 Å². The van der Waals surface area contributed by atoms with E-state index in [1.54, 1.807) is 12.1 Å². The van der Waals surface area contributed by atoms with Gasteiger partial charge in [0, 0.05) is 19.0 Å². The molecule has 0 spiro atoms. The fourth-order valence-corrected chi connectivity index (χ4v) is 1.26. The second-order valence-electron chi connectivity index (χ2n) is 3.79. The highest BCUT2D eigenvalue weighted by atomic mass is 35.5. The van der Waals surface area contributed by atoms with Gasteiger partial charge in [-0.05, 0) is 25.5 Å². The predicted octanol–water partition coefficient (Wildman–Crippen LogP) is 1.85. The summed E-state index contributed by atoms with van der Waals surface area (Å²) >= 11 is 5.60. The molecule has 0 bridgehead atoms. The summed E-state index contributed by atoms with van der Waals surface area (Å²) in [5.41, 5.74) is 0. The molecule has 0 saturated heterocycles. The number of anilines is 1. The van der Waals surface area contributed by atoms with Crippen LogP contribution in [0.25, 0.3) is 0 Å². The standard InChI is InChI=1S/C11H17ClN4O/c1-3-8(2)14-11(17)6-7-13-10-5-4-9(12)15-16-10/h4-5,8H,3,6-7H2,1-2H3,(H,13,16)(H,14,17). The van der Waals surface area contributed by atoms with E-state index in [1.165, 1.54) is 0 Å². The van der Waals surface area contributed by atoms with Crippen molar-refractivity contribution in [1.29, 1.82) is 0 Å². The van der Waals surface area contributed by atoms with Crippen molar-refractivity contribution in [2.45, 2.75) is 32.7 Å². The van der Waals surface area contributed by atoms with Crippen LogP contribution in [-0.2, 0) is 4.79 Å². The maximum absolute atomic E-state index is 11.4. The van der Waals surface area contributed by atoms with Crippen LogP contribution in [0, 0.1) is 0 Å². The first kappa shape index (κ1) is 13.7. The Balaban J connectivity index is 2.23. The van der Waals surface area contributed by atoms with Crippen LogP contribution in [0.4, 0.5) is 5.82 Å². The SMILES string of the molecule is CCC(C)NC(=O)CCNc1ccc(Cl)nn1. The van der Waals surface area contributed by atoms with Gasteiger partial charge in [-0.1, -0.05) is 18.5 Å².